The first-order chi connectivity index (χ1) is 14.2. The maximum absolute atomic E-state index is 13.3. The van der Waals surface area contributed by atoms with Crippen LogP contribution >= 0.6 is 12.4 Å². The molecular weight excluding hydrogens is 398 g/mol. The molecule has 2 aromatic rings. The molecule has 2 amide bonds. The molecule has 0 aromatic heterocycles. The SMILES string of the molecule is Cl.O=C(c1cccc2ccccc12)N1CCC(C(=O)N2C3CCNCC2CC3)CC1. The maximum Gasteiger partial charge on any atom is 0.254 e. The molecule has 2 unspecified atom stereocenters. The first-order valence-corrected chi connectivity index (χ1v) is 11.0. The molecule has 2 bridgehead atoms. The van der Waals surface area contributed by atoms with Gasteiger partial charge in [-0.3, -0.25) is 9.59 Å². The molecular formula is C24H30ClN3O2. The fourth-order valence-corrected chi connectivity index (χ4v) is 5.46. The average molecular weight is 428 g/mol. The van der Waals surface area contributed by atoms with Crippen LogP contribution in [0.15, 0.2) is 42.5 Å². The molecule has 3 aliphatic heterocycles. The zero-order valence-corrected chi connectivity index (χ0v) is 18.1. The van der Waals surface area contributed by atoms with Gasteiger partial charge in [-0.05, 0) is 55.5 Å². The summed E-state index contributed by atoms with van der Waals surface area (Å²) in [5, 5.41) is 5.57. The Kier molecular flexibility index (Phi) is 6.30. The Morgan fingerprint density at radius 1 is 0.867 bits per heavy atom. The van der Waals surface area contributed by atoms with Gasteiger partial charge in [-0.15, -0.1) is 12.4 Å². The second-order valence-electron chi connectivity index (χ2n) is 8.72. The van der Waals surface area contributed by atoms with Gasteiger partial charge in [0.25, 0.3) is 5.91 Å². The van der Waals surface area contributed by atoms with Crippen molar-refractivity contribution in [1.29, 1.82) is 0 Å². The third-order valence-electron chi connectivity index (χ3n) is 7.06. The van der Waals surface area contributed by atoms with Crippen molar-refractivity contribution in [1.82, 2.24) is 15.1 Å². The van der Waals surface area contributed by atoms with Gasteiger partial charge in [0, 0.05) is 43.2 Å². The molecule has 0 spiro atoms. The quantitative estimate of drug-likeness (QED) is 0.798. The van der Waals surface area contributed by atoms with Crippen LogP contribution in [0.4, 0.5) is 0 Å². The summed E-state index contributed by atoms with van der Waals surface area (Å²) < 4.78 is 0. The number of piperidine rings is 1. The van der Waals surface area contributed by atoms with Gasteiger partial charge in [0.05, 0.1) is 0 Å². The van der Waals surface area contributed by atoms with Crippen LogP contribution in [0.1, 0.15) is 42.5 Å². The first kappa shape index (κ1) is 21.1. The van der Waals surface area contributed by atoms with Crippen LogP contribution in [0, 0.1) is 5.92 Å². The van der Waals surface area contributed by atoms with E-state index >= 15 is 0 Å². The number of benzene rings is 2. The highest BCUT2D eigenvalue weighted by molar-refractivity contribution is 6.07. The molecule has 5 nitrogen and oxygen atoms in total. The molecule has 160 valence electrons. The minimum absolute atomic E-state index is 0. The normalized spacial score (nSPS) is 24.4. The molecule has 2 aromatic carbocycles. The molecule has 2 atom stereocenters. The molecule has 5 rings (SSSR count). The van der Waals surface area contributed by atoms with E-state index in [9.17, 15) is 9.59 Å². The zero-order chi connectivity index (χ0) is 19.8. The van der Waals surface area contributed by atoms with E-state index in [1.807, 2.05) is 47.4 Å². The van der Waals surface area contributed by atoms with Crippen molar-refractivity contribution in [3.05, 3.63) is 48.0 Å². The second kappa shape index (κ2) is 8.94. The highest BCUT2D eigenvalue weighted by Gasteiger charge is 2.41. The van der Waals surface area contributed by atoms with Crippen molar-refractivity contribution in [3.63, 3.8) is 0 Å². The predicted molar refractivity (Wildman–Crippen MR) is 121 cm³/mol. The topological polar surface area (TPSA) is 52.7 Å². The van der Waals surface area contributed by atoms with E-state index < -0.39 is 0 Å². The van der Waals surface area contributed by atoms with Gasteiger partial charge in [-0.2, -0.15) is 0 Å². The standard InChI is InChI=1S/C24H29N3O2.ClH/c28-23(27-19-8-9-20(27)16-25-13-10-19)18-11-14-26(15-12-18)24(29)22-7-3-5-17-4-1-2-6-21(17)22;/h1-7,18-20,25H,8-16H2;1H. The Morgan fingerprint density at radius 3 is 2.43 bits per heavy atom. The molecule has 30 heavy (non-hydrogen) atoms. The Morgan fingerprint density at radius 2 is 1.60 bits per heavy atom. The number of amides is 2. The van der Waals surface area contributed by atoms with Crippen molar-refractivity contribution < 1.29 is 9.59 Å². The molecule has 6 heteroatoms. The number of rotatable bonds is 2. The third kappa shape index (κ3) is 3.81. The van der Waals surface area contributed by atoms with E-state index in [0.29, 0.717) is 31.1 Å². The zero-order valence-electron chi connectivity index (χ0n) is 17.3. The van der Waals surface area contributed by atoms with E-state index in [4.69, 9.17) is 0 Å². The number of halogens is 1. The van der Waals surface area contributed by atoms with Crippen LogP contribution in [-0.4, -0.2) is 59.9 Å². The summed E-state index contributed by atoms with van der Waals surface area (Å²) in [5.74, 6) is 0.484. The Hall–Kier alpha value is -2.11. The number of carbonyl (C=O) groups excluding carboxylic acids is 2. The predicted octanol–water partition coefficient (Wildman–Crippen LogP) is 3.47. The van der Waals surface area contributed by atoms with Crippen molar-refractivity contribution in [2.75, 3.05) is 26.2 Å². The van der Waals surface area contributed by atoms with Crippen LogP contribution < -0.4 is 5.32 Å². The summed E-state index contributed by atoms with van der Waals surface area (Å²) in [6.45, 7) is 3.28. The van der Waals surface area contributed by atoms with Crippen molar-refractivity contribution in [2.24, 2.45) is 5.92 Å². The van der Waals surface area contributed by atoms with Gasteiger partial charge in [0.15, 0.2) is 0 Å². The minimum atomic E-state index is 0. The number of nitrogens with zero attached hydrogens (tertiary/aromatic N) is 2. The molecule has 3 heterocycles. The molecule has 0 saturated carbocycles. The lowest BCUT2D eigenvalue weighted by atomic mass is 9.93. The Bertz CT molecular complexity index is 906. The maximum atomic E-state index is 13.3. The molecule has 3 aliphatic rings. The smallest absolute Gasteiger partial charge is 0.254 e. The van der Waals surface area contributed by atoms with Gasteiger partial charge in [-0.25, -0.2) is 0 Å². The monoisotopic (exact) mass is 427 g/mol. The third-order valence-corrected chi connectivity index (χ3v) is 7.06. The molecule has 3 saturated heterocycles. The largest absolute Gasteiger partial charge is 0.339 e. The number of fused-ring (bicyclic) bond motifs is 3. The second-order valence-corrected chi connectivity index (χ2v) is 8.72. The van der Waals surface area contributed by atoms with Crippen LogP contribution in [0.25, 0.3) is 10.8 Å². The molecule has 0 radical (unpaired) electrons. The van der Waals surface area contributed by atoms with Gasteiger partial charge < -0.3 is 15.1 Å². The fraction of sp³-hybridized carbons (Fsp3) is 0.500. The summed E-state index contributed by atoms with van der Waals surface area (Å²) in [7, 11) is 0. The number of carbonyl (C=O) groups is 2. The average Bonchev–Trinajstić information content (AvgIpc) is 3.04. The lowest BCUT2D eigenvalue weighted by Gasteiger charge is -2.36. The van der Waals surface area contributed by atoms with Crippen LogP contribution in [0.2, 0.25) is 0 Å². The van der Waals surface area contributed by atoms with Crippen molar-refractivity contribution in [3.8, 4) is 0 Å². The summed E-state index contributed by atoms with van der Waals surface area (Å²) in [4.78, 5) is 30.6. The molecule has 0 aliphatic carbocycles. The summed E-state index contributed by atoms with van der Waals surface area (Å²) >= 11 is 0. The summed E-state index contributed by atoms with van der Waals surface area (Å²) in [6, 6.07) is 14.7. The van der Waals surface area contributed by atoms with Gasteiger partial charge in [0.2, 0.25) is 5.91 Å². The highest BCUT2D eigenvalue weighted by atomic mass is 35.5. The van der Waals surface area contributed by atoms with Crippen molar-refractivity contribution >= 4 is 35.0 Å². The molecule has 3 fully saturated rings. The van der Waals surface area contributed by atoms with Crippen LogP contribution in [0.5, 0.6) is 0 Å². The lowest BCUT2D eigenvalue weighted by Crippen LogP contribution is -2.48. The van der Waals surface area contributed by atoms with Gasteiger partial charge >= 0.3 is 0 Å². The Labute approximate surface area is 184 Å². The summed E-state index contributed by atoms with van der Waals surface area (Å²) in [5.41, 5.74) is 0.768. The van der Waals surface area contributed by atoms with E-state index in [1.165, 1.54) is 0 Å². The highest BCUT2D eigenvalue weighted by Crippen LogP contribution is 2.32. The molecule has 1 N–H and O–H groups in total. The fourth-order valence-electron chi connectivity index (χ4n) is 5.46. The Balaban J connectivity index is 0.00000218. The van der Waals surface area contributed by atoms with E-state index in [2.05, 4.69) is 10.2 Å². The van der Waals surface area contributed by atoms with Gasteiger partial charge in [-0.1, -0.05) is 36.4 Å². The van der Waals surface area contributed by atoms with E-state index in [0.717, 1.165) is 61.5 Å². The lowest BCUT2D eigenvalue weighted by molar-refractivity contribution is -0.139. The summed E-state index contributed by atoms with van der Waals surface area (Å²) in [6.07, 6.45) is 4.90. The van der Waals surface area contributed by atoms with E-state index in [1.54, 1.807) is 0 Å². The minimum Gasteiger partial charge on any atom is -0.339 e. The number of hydrogen-bond donors (Lipinski definition) is 1. The first-order valence-electron chi connectivity index (χ1n) is 11.0. The van der Waals surface area contributed by atoms with Crippen LogP contribution in [0.3, 0.4) is 0 Å². The van der Waals surface area contributed by atoms with Crippen LogP contribution in [-0.2, 0) is 4.79 Å². The van der Waals surface area contributed by atoms with Gasteiger partial charge in [0.1, 0.15) is 0 Å². The van der Waals surface area contributed by atoms with E-state index in [-0.39, 0.29) is 24.2 Å². The number of hydrogen-bond acceptors (Lipinski definition) is 3. The number of nitrogens with one attached hydrogen (secondary N) is 1. The van der Waals surface area contributed by atoms with Crippen molar-refractivity contribution in [2.45, 2.75) is 44.2 Å². The number of likely N-dealkylation sites (tertiary alicyclic amines) is 1.